The number of nitrogens with zero attached hydrogens (tertiary/aromatic N) is 3. The number of benzene rings is 2. The minimum Gasteiger partial charge on any atom is -0.271 e. The molecule has 0 unspecified atom stereocenters. The number of carbonyl (C=O) groups is 1. The van der Waals surface area contributed by atoms with Crippen molar-refractivity contribution >= 4 is 27.7 Å². The summed E-state index contributed by atoms with van der Waals surface area (Å²) < 4.78 is 29.2. The number of aryl methyl sites for hydroxylation is 3. The monoisotopic (exact) mass is 469 g/mol. The van der Waals surface area contributed by atoms with Crippen LogP contribution in [0.4, 0.5) is 0 Å². The van der Waals surface area contributed by atoms with Gasteiger partial charge in [0.15, 0.2) is 0 Å². The zero-order valence-corrected chi connectivity index (χ0v) is 20.3. The fourth-order valence-corrected chi connectivity index (χ4v) is 6.56. The van der Waals surface area contributed by atoms with E-state index in [1.54, 1.807) is 36.0 Å². The Morgan fingerprint density at radius 2 is 1.56 bits per heavy atom. The molecule has 0 spiro atoms. The number of aromatic nitrogens is 2. The zero-order chi connectivity index (χ0) is 23.0. The first-order valence-electron chi connectivity index (χ1n) is 10.6. The molecule has 0 bridgehead atoms. The third-order valence-corrected chi connectivity index (χ3v) is 9.02. The van der Waals surface area contributed by atoms with E-state index in [4.69, 9.17) is 0 Å². The lowest BCUT2D eigenvalue weighted by Gasteiger charge is -2.23. The summed E-state index contributed by atoms with van der Waals surface area (Å²) in [6.45, 7) is 8.02. The van der Waals surface area contributed by atoms with Gasteiger partial charge in [0, 0.05) is 11.4 Å². The Morgan fingerprint density at radius 3 is 2.19 bits per heavy atom. The number of sulfonamides is 1. The smallest absolute Gasteiger partial charge is 0.265 e. The standard InChI is InChI=1S/C24H27N3O3S2/c1-16-7-11-20(12-8-16)31-23-18(3)25-27(19(23)4)24(28)22-6-5-15-26(22)32(29,30)21-13-9-17(2)10-14-21/h7-14,22H,5-6,15H2,1-4H3/t22-/m0/s1. The summed E-state index contributed by atoms with van der Waals surface area (Å²) in [4.78, 5) is 15.7. The summed E-state index contributed by atoms with van der Waals surface area (Å²) >= 11 is 1.57. The third kappa shape index (κ3) is 4.27. The maximum absolute atomic E-state index is 13.5. The molecular formula is C24H27N3O3S2. The average Bonchev–Trinajstić information content (AvgIpc) is 3.36. The molecule has 0 N–H and O–H groups in total. The minimum atomic E-state index is -3.76. The number of hydrogen-bond acceptors (Lipinski definition) is 5. The first kappa shape index (κ1) is 22.8. The van der Waals surface area contributed by atoms with Crippen molar-refractivity contribution in [2.45, 2.75) is 61.3 Å². The summed E-state index contributed by atoms with van der Waals surface area (Å²) in [6, 6.07) is 14.2. The van der Waals surface area contributed by atoms with E-state index in [9.17, 15) is 13.2 Å². The molecular weight excluding hydrogens is 442 g/mol. The first-order chi connectivity index (χ1) is 15.2. The molecule has 2 heterocycles. The zero-order valence-electron chi connectivity index (χ0n) is 18.7. The SMILES string of the molecule is Cc1ccc(Sc2c(C)nn(C(=O)[C@@H]3CCCN3S(=O)(=O)c3ccc(C)cc3)c2C)cc1. The van der Waals surface area contributed by atoms with Crippen LogP contribution < -0.4 is 0 Å². The summed E-state index contributed by atoms with van der Waals surface area (Å²) in [7, 11) is -3.76. The maximum Gasteiger partial charge on any atom is 0.265 e. The highest BCUT2D eigenvalue weighted by molar-refractivity contribution is 7.99. The van der Waals surface area contributed by atoms with Crippen LogP contribution in [-0.4, -0.2) is 41.0 Å². The van der Waals surface area contributed by atoms with Crippen molar-refractivity contribution in [1.82, 2.24) is 14.1 Å². The normalized spacial score (nSPS) is 17.1. The van der Waals surface area contributed by atoms with Gasteiger partial charge in [0.25, 0.3) is 5.91 Å². The fraction of sp³-hybridized carbons (Fsp3) is 0.333. The van der Waals surface area contributed by atoms with E-state index >= 15 is 0 Å². The summed E-state index contributed by atoms with van der Waals surface area (Å²) in [6.07, 6.45) is 1.13. The van der Waals surface area contributed by atoms with Crippen LogP contribution in [0.3, 0.4) is 0 Å². The Balaban J connectivity index is 1.62. The first-order valence-corrected chi connectivity index (χ1v) is 12.9. The van der Waals surface area contributed by atoms with Gasteiger partial charge in [-0.25, -0.2) is 13.1 Å². The molecule has 1 fully saturated rings. The highest BCUT2D eigenvalue weighted by atomic mass is 32.2. The van der Waals surface area contributed by atoms with Crippen molar-refractivity contribution in [3.05, 3.63) is 71.0 Å². The van der Waals surface area contributed by atoms with Crippen LogP contribution in [0.15, 0.2) is 63.2 Å². The molecule has 4 rings (SSSR count). The van der Waals surface area contributed by atoms with Gasteiger partial charge in [-0.05, 0) is 64.8 Å². The van der Waals surface area contributed by atoms with Gasteiger partial charge in [-0.3, -0.25) is 4.79 Å². The van der Waals surface area contributed by atoms with E-state index in [2.05, 4.69) is 17.2 Å². The Hall–Kier alpha value is -2.42. The highest BCUT2D eigenvalue weighted by Gasteiger charge is 2.41. The van der Waals surface area contributed by atoms with E-state index < -0.39 is 16.1 Å². The van der Waals surface area contributed by atoms with Gasteiger partial charge in [-0.2, -0.15) is 9.40 Å². The van der Waals surface area contributed by atoms with Gasteiger partial charge in [0.1, 0.15) is 6.04 Å². The van der Waals surface area contributed by atoms with E-state index in [0.29, 0.717) is 19.4 Å². The maximum atomic E-state index is 13.5. The predicted octanol–water partition coefficient (Wildman–Crippen LogP) is 4.76. The minimum absolute atomic E-state index is 0.215. The largest absolute Gasteiger partial charge is 0.271 e. The van der Waals surface area contributed by atoms with Crippen LogP contribution >= 0.6 is 11.8 Å². The van der Waals surface area contributed by atoms with Gasteiger partial charge in [0.05, 0.1) is 21.2 Å². The van der Waals surface area contributed by atoms with E-state index in [-0.39, 0.29) is 10.8 Å². The van der Waals surface area contributed by atoms with E-state index in [1.165, 1.54) is 14.6 Å². The second-order valence-electron chi connectivity index (χ2n) is 8.25. The molecule has 0 amide bonds. The number of hydrogen-bond donors (Lipinski definition) is 0. The van der Waals surface area contributed by atoms with Crippen molar-refractivity contribution in [2.75, 3.05) is 6.54 Å². The van der Waals surface area contributed by atoms with Gasteiger partial charge < -0.3 is 0 Å². The molecule has 1 aromatic heterocycles. The van der Waals surface area contributed by atoms with Crippen molar-refractivity contribution in [3.63, 3.8) is 0 Å². The van der Waals surface area contributed by atoms with Crippen LogP contribution in [0.5, 0.6) is 0 Å². The molecule has 6 nitrogen and oxygen atoms in total. The highest BCUT2D eigenvalue weighted by Crippen LogP contribution is 2.34. The topological polar surface area (TPSA) is 72.3 Å². The lowest BCUT2D eigenvalue weighted by Crippen LogP contribution is -2.43. The van der Waals surface area contributed by atoms with E-state index in [1.807, 2.05) is 39.8 Å². The molecule has 1 saturated heterocycles. The second-order valence-corrected chi connectivity index (χ2v) is 11.2. The van der Waals surface area contributed by atoms with Crippen molar-refractivity contribution in [1.29, 1.82) is 0 Å². The Kier molecular flexibility index (Phi) is 6.29. The molecule has 1 aliphatic rings. The molecule has 0 aliphatic carbocycles. The Labute approximate surface area is 193 Å². The van der Waals surface area contributed by atoms with Crippen LogP contribution in [-0.2, 0) is 10.0 Å². The molecule has 168 valence electrons. The second kappa shape index (κ2) is 8.84. The van der Waals surface area contributed by atoms with Gasteiger partial charge in [-0.15, -0.1) is 0 Å². The Bertz CT molecular complexity index is 1250. The van der Waals surface area contributed by atoms with Gasteiger partial charge in [-0.1, -0.05) is 47.2 Å². The lowest BCUT2D eigenvalue weighted by molar-refractivity contribution is 0.0813. The molecule has 0 saturated carbocycles. The molecule has 1 aliphatic heterocycles. The van der Waals surface area contributed by atoms with Gasteiger partial charge in [0.2, 0.25) is 10.0 Å². The van der Waals surface area contributed by atoms with Crippen molar-refractivity contribution in [3.8, 4) is 0 Å². The molecule has 2 aromatic carbocycles. The fourth-order valence-electron chi connectivity index (χ4n) is 3.98. The lowest BCUT2D eigenvalue weighted by atomic mass is 10.2. The molecule has 0 radical (unpaired) electrons. The van der Waals surface area contributed by atoms with Crippen LogP contribution in [0.2, 0.25) is 0 Å². The van der Waals surface area contributed by atoms with Crippen molar-refractivity contribution < 1.29 is 13.2 Å². The molecule has 8 heteroatoms. The molecule has 32 heavy (non-hydrogen) atoms. The summed E-state index contributed by atoms with van der Waals surface area (Å²) in [5.41, 5.74) is 3.66. The number of rotatable bonds is 5. The number of carbonyl (C=O) groups excluding carboxylic acids is 1. The summed E-state index contributed by atoms with van der Waals surface area (Å²) in [5.74, 6) is -0.297. The summed E-state index contributed by atoms with van der Waals surface area (Å²) in [5, 5.41) is 4.49. The molecule has 3 aromatic rings. The van der Waals surface area contributed by atoms with E-state index in [0.717, 1.165) is 26.7 Å². The Morgan fingerprint density at radius 1 is 0.969 bits per heavy atom. The average molecular weight is 470 g/mol. The molecule has 1 atom stereocenters. The third-order valence-electron chi connectivity index (χ3n) is 5.79. The van der Waals surface area contributed by atoms with Crippen molar-refractivity contribution in [2.24, 2.45) is 0 Å². The predicted molar refractivity (Wildman–Crippen MR) is 126 cm³/mol. The van der Waals surface area contributed by atoms with Gasteiger partial charge >= 0.3 is 0 Å². The quantitative estimate of drug-likeness (QED) is 0.539. The van der Waals surface area contributed by atoms with Crippen LogP contribution in [0.25, 0.3) is 0 Å². The van der Waals surface area contributed by atoms with Crippen LogP contribution in [0.1, 0.15) is 40.2 Å². The van der Waals surface area contributed by atoms with Crippen LogP contribution in [0, 0.1) is 27.7 Å².